The lowest BCUT2D eigenvalue weighted by atomic mass is 10.1. The van der Waals surface area contributed by atoms with E-state index in [1.165, 1.54) is 7.11 Å². The molecule has 104 valence electrons. The van der Waals surface area contributed by atoms with Crippen LogP contribution in [0.5, 0.6) is 0 Å². The molecule has 1 aromatic carbocycles. The summed E-state index contributed by atoms with van der Waals surface area (Å²) in [6.45, 7) is 0. The van der Waals surface area contributed by atoms with Crippen LogP contribution < -0.4 is 0 Å². The van der Waals surface area contributed by atoms with Crippen molar-refractivity contribution in [2.24, 2.45) is 0 Å². The highest BCUT2D eigenvalue weighted by Gasteiger charge is 2.29. The number of carbonyl (C=O) groups is 1. The first-order chi connectivity index (χ1) is 9.69. The van der Waals surface area contributed by atoms with Gasteiger partial charge in [-0.2, -0.15) is 0 Å². The zero-order chi connectivity index (χ0) is 14.1. The molecular weight excluding hydrogens is 278 g/mol. The van der Waals surface area contributed by atoms with Gasteiger partial charge in [-0.05, 0) is 25.0 Å². The van der Waals surface area contributed by atoms with Crippen LogP contribution in [0.3, 0.4) is 0 Å². The normalized spacial score (nSPS) is 17.6. The molecule has 20 heavy (non-hydrogen) atoms. The van der Waals surface area contributed by atoms with Gasteiger partial charge in [-0.15, -0.1) is 5.10 Å². The number of ether oxygens (including phenoxy) is 1. The molecule has 0 radical (unpaired) electrons. The molecule has 1 aliphatic rings. The number of carbonyl (C=O) groups excluding carboxylic acids is 1. The Morgan fingerprint density at radius 2 is 2.35 bits per heavy atom. The van der Waals surface area contributed by atoms with Crippen LogP contribution in [0, 0.1) is 0 Å². The fraction of sp³-hybridized carbons (Fsp3) is 0.357. The van der Waals surface area contributed by atoms with E-state index in [9.17, 15) is 4.79 Å². The number of rotatable bonds is 2. The van der Waals surface area contributed by atoms with E-state index in [1.807, 2.05) is 18.2 Å². The monoisotopic (exact) mass is 291 g/mol. The molecule has 1 unspecified atom stereocenters. The molecule has 1 atom stereocenters. The van der Waals surface area contributed by atoms with Crippen LogP contribution in [0.15, 0.2) is 24.3 Å². The van der Waals surface area contributed by atoms with Gasteiger partial charge in [0.2, 0.25) is 0 Å². The number of hydrogen-bond donors (Lipinski definition) is 0. The highest BCUT2D eigenvalue weighted by atomic mass is 35.5. The van der Waals surface area contributed by atoms with E-state index in [0.29, 0.717) is 10.8 Å². The van der Waals surface area contributed by atoms with E-state index in [-0.39, 0.29) is 12.0 Å². The largest absolute Gasteiger partial charge is 0.467 e. The SMILES string of the molecule is COC(=O)C1CCCc2nc(-c3cccc(Cl)c3)nn21. The van der Waals surface area contributed by atoms with Gasteiger partial charge in [0.15, 0.2) is 11.9 Å². The summed E-state index contributed by atoms with van der Waals surface area (Å²) < 4.78 is 6.52. The van der Waals surface area contributed by atoms with Gasteiger partial charge < -0.3 is 4.74 Å². The minimum Gasteiger partial charge on any atom is -0.467 e. The molecular formula is C14H14ClN3O2. The highest BCUT2D eigenvalue weighted by molar-refractivity contribution is 6.30. The molecule has 0 N–H and O–H groups in total. The van der Waals surface area contributed by atoms with Gasteiger partial charge >= 0.3 is 5.97 Å². The van der Waals surface area contributed by atoms with Crippen molar-refractivity contribution in [1.82, 2.24) is 14.8 Å². The summed E-state index contributed by atoms with van der Waals surface area (Å²) >= 11 is 5.99. The molecule has 2 heterocycles. The standard InChI is InChI=1S/C14H14ClN3O2/c1-20-14(19)11-6-3-7-12-16-13(17-18(11)12)9-4-2-5-10(15)8-9/h2,4-5,8,11H,3,6-7H2,1H3. The van der Waals surface area contributed by atoms with Crippen molar-refractivity contribution in [3.8, 4) is 11.4 Å². The summed E-state index contributed by atoms with van der Waals surface area (Å²) in [7, 11) is 1.39. The summed E-state index contributed by atoms with van der Waals surface area (Å²) in [4.78, 5) is 16.3. The molecule has 0 amide bonds. The van der Waals surface area contributed by atoms with Crippen molar-refractivity contribution in [3.63, 3.8) is 0 Å². The van der Waals surface area contributed by atoms with Gasteiger partial charge in [0.05, 0.1) is 7.11 Å². The third-order valence-corrected chi connectivity index (χ3v) is 3.67. The number of fused-ring (bicyclic) bond motifs is 1. The molecule has 0 saturated heterocycles. The number of esters is 1. The Hall–Kier alpha value is -1.88. The van der Waals surface area contributed by atoms with Gasteiger partial charge in [0.1, 0.15) is 5.82 Å². The number of nitrogens with zero attached hydrogens (tertiary/aromatic N) is 3. The van der Waals surface area contributed by atoms with E-state index < -0.39 is 0 Å². The maximum Gasteiger partial charge on any atom is 0.330 e. The zero-order valence-electron chi connectivity index (χ0n) is 11.0. The number of aromatic nitrogens is 3. The van der Waals surface area contributed by atoms with Crippen molar-refractivity contribution in [1.29, 1.82) is 0 Å². The quantitative estimate of drug-likeness (QED) is 0.798. The molecule has 6 heteroatoms. The number of aryl methyl sites for hydroxylation is 1. The molecule has 3 rings (SSSR count). The van der Waals surface area contributed by atoms with Crippen molar-refractivity contribution in [2.75, 3.05) is 7.11 Å². The minimum absolute atomic E-state index is 0.270. The van der Waals surface area contributed by atoms with Gasteiger partial charge in [-0.3, -0.25) is 0 Å². The molecule has 5 nitrogen and oxygen atoms in total. The molecule has 0 fully saturated rings. The fourth-order valence-corrected chi connectivity index (χ4v) is 2.65. The van der Waals surface area contributed by atoms with Crippen LogP contribution in [0.2, 0.25) is 5.02 Å². The summed E-state index contributed by atoms with van der Waals surface area (Å²) in [6, 6.07) is 7.01. The van der Waals surface area contributed by atoms with Gasteiger partial charge in [0.25, 0.3) is 0 Å². The van der Waals surface area contributed by atoms with Gasteiger partial charge in [-0.25, -0.2) is 14.5 Å². The first-order valence-electron chi connectivity index (χ1n) is 6.48. The molecule has 0 bridgehead atoms. The molecule has 1 aliphatic heterocycles. The smallest absolute Gasteiger partial charge is 0.330 e. The molecule has 1 aromatic heterocycles. The first kappa shape index (κ1) is 13.1. The second kappa shape index (κ2) is 5.25. The number of hydrogen-bond acceptors (Lipinski definition) is 4. The van der Waals surface area contributed by atoms with Crippen LogP contribution in [-0.2, 0) is 16.0 Å². The Morgan fingerprint density at radius 3 is 3.10 bits per heavy atom. The highest BCUT2D eigenvalue weighted by Crippen LogP contribution is 2.27. The van der Waals surface area contributed by atoms with E-state index in [1.54, 1.807) is 10.7 Å². The Morgan fingerprint density at radius 1 is 1.50 bits per heavy atom. The topological polar surface area (TPSA) is 57.0 Å². The summed E-state index contributed by atoms with van der Waals surface area (Å²) in [5, 5.41) is 5.10. The molecule has 0 spiro atoms. The summed E-state index contributed by atoms with van der Waals surface area (Å²) in [5.41, 5.74) is 0.850. The predicted molar refractivity (Wildman–Crippen MR) is 74.5 cm³/mol. The van der Waals surface area contributed by atoms with Crippen LogP contribution in [-0.4, -0.2) is 27.8 Å². The average Bonchev–Trinajstić information content (AvgIpc) is 2.90. The van der Waals surface area contributed by atoms with Crippen molar-refractivity contribution in [3.05, 3.63) is 35.1 Å². The van der Waals surface area contributed by atoms with Crippen molar-refractivity contribution < 1.29 is 9.53 Å². The molecule has 2 aromatic rings. The van der Waals surface area contributed by atoms with E-state index in [4.69, 9.17) is 16.3 Å². The second-order valence-corrected chi connectivity index (χ2v) is 5.17. The van der Waals surface area contributed by atoms with Crippen molar-refractivity contribution >= 4 is 17.6 Å². The Kier molecular flexibility index (Phi) is 3.44. The van der Waals surface area contributed by atoms with E-state index >= 15 is 0 Å². The maximum absolute atomic E-state index is 11.8. The number of halogens is 1. The third kappa shape index (κ3) is 2.29. The maximum atomic E-state index is 11.8. The second-order valence-electron chi connectivity index (χ2n) is 4.74. The van der Waals surface area contributed by atoms with Crippen LogP contribution in [0.1, 0.15) is 24.7 Å². The summed E-state index contributed by atoms with van der Waals surface area (Å²) in [6.07, 6.45) is 2.46. The molecule has 0 saturated carbocycles. The Bertz CT molecular complexity index is 654. The molecule has 0 aliphatic carbocycles. The number of benzene rings is 1. The lowest BCUT2D eigenvalue weighted by molar-refractivity contribution is -0.145. The first-order valence-corrected chi connectivity index (χ1v) is 6.86. The number of methoxy groups -OCH3 is 1. The Balaban J connectivity index is 2.01. The fourth-order valence-electron chi connectivity index (χ4n) is 2.46. The average molecular weight is 292 g/mol. The van der Waals surface area contributed by atoms with Crippen LogP contribution in [0.4, 0.5) is 0 Å². The van der Waals surface area contributed by atoms with Crippen molar-refractivity contribution in [2.45, 2.75) is 25.3 Å². The lowest BCUT2D eigenvalue weighted by Crippen LogP contribution is -2.27. The lowest BCUT2D eigenvalue weighted by Gasteiger charge is -2.20. The third-order valence-electron chi connectivity index (χ3n) is 3.43. The van der Waals surface area contributed by atoms with E-state index in [0.717, 1.165) is 30.7 Å². The van der Waals surface area contributed by atoms with Gasteiger partial charge in [0, 0.05) is 17.0 Å². The summed E-state index contributed by atoms with van der Waals surface area (Å²) in [5.74, 6) is 1.15. The van der Waals surface area contributed by atoms with Gasteiger partial charge in [-0.1, -0.05) is 23.7 Å². The zero-order valence-corrected chi connectivity index (χ0v) is 11.8. The minimum atomic E-state index is -0.371. The van der Waals surface area contributed by atoms with Crippen LogP contribution in [0.25, 0.3) is 11.4 Å². The van der Waals surface area contributed by atoms with E-state index in [2.05, 4.69) is 10.1 Å². The Labute approximate surface area is 121 Å². The predicted octanol–water partition coefficient (Wildman–Crippen LogP) is 2.65. The van der Waals surface area contributed by atoms with Crippen LogP contribution >= 0.6 is 11.6 Å².